The fourth-order valence-corrected chi connectivity index (χ4v) is 4.01. The van der Waals surface area contributed by atoms with E-state index in [1.165, 1.54) is 5.69 Å². The zero-order chi connectivity index (χ0) is 22.8. The molecule has 2 saturated heterocycles. The molecule has 33 heavy (non-hydrogen) atoms. The van der Waals surface area contributed by atoms with Crippen LogP contribution in [0.15, 0.2) is 35.3 Å². The van der Waals surface area contributed by atoms with E-state index in [1.54, 1.807) is 0 Å². The number of amides is 1. The number of halogens is 1. The van der Waals surface area contributed by atoms with Crippen LogP contribution in [-0.2, 0) is 9.53 Å². The molecule has 3 N–H and O–H groups in total. The topological polar surface area (TPSA) is 92.7 Å². The van der Waals surface area contributed by atoms with Crippen molar-refractivity contribution in [3.05, 3.63) is 30.3 Å². The van der Waals surface area contributed by atoms with Gasteiger partial charge in [0, 0.05) is 64.6 Å². The largest absolute Gasteiger partial charge is 0.387 e. The van der Waals surface area contributed by atoms with Crippen LogP contribution in [0.4, 0.5) is 5.69 Å². The maximum Gasteiger partial charge on any atom is 0.244 e. The van der Waals surface area contributed by atoms with Crippen LogP contribution in [0.1, 0.15) is 13.8 Å². The molecule has 1 aromatic carbocycles. The highest BCUT2D eigenvalue weighted by atomic mass is 127. The first-order valence-corrected chi connectivity index (χ1v) is 11.6. The Bertz CT molecular complexity index is 735. The number of carbonyl (C=O) groups excluding carboxylic acids is 1. The lowest BCUT2D eigenvalue weighted by Gasteiger charge is -2.36. The molecule has 3 rings (SSSR count). The first kappa shape index (κ1) is 27.6. The second kappa shape index (κ2) is 13.9. The summed E-state index contributed by atoms with van der Waals surface area (Å²) in [5.41, 5.74) is 0.283. The molecule has 1 atom stereocenters. The molecule has 2 aliphatic heterocycles. The predicted molar refractivity (Wildman–Crippen MR) is 143 cm³/mol. The van der Waals surface area contributed by atoms with E-state index in [0.29, 0.717) is 51.9 Å². The Morgan fingerprint density at radius 3 is 2.39 bits per heavy atom. The number of carbonyl (C=O) groups is 1. The number of rotatable bonds is 8. The van der Waals surface area contributed by atoms with Crippen LogP contribution in [-0.4, -0.2) is 111 Å². The quantitative estimate of drug-likeness (QED) is 0.238. The molecule has 0 aromatic heterocycles. The lowest BCUT2D eigenvalue weighted by molar-refractivity contribution is -0.129. The summed E-state index contributed by atoms with van der Waals surface area (Å²) in [4.78, 5) is 23.5. The van der Waals surface area contributed by atoms with Crippen LogP contribution in [0.3, 0.4) is 0 Å². The van der Waals surface area contributed by atoms with Crippen LogP contribution in [0.25, 0.3) is 0 Å². The molecular weight excluding hydrogens is 535 g/mol. The lowest BCUT2D eigenvalue weighted by atomic mass is 10.1. The van der Waals surface area contributed by atoms with Gasteiger partial charge in [-0.05, 0) is 26.0 Å². The van der Waals surface area contributed by atoms with E-state index in [-0.39, 0.29) is 36.4 Å². The Balaban J connectivity index is 0.00000385. The van der Waals surface area contributed by atoms with E-state index in [2.05, 4.69) is 37.6 Å². The van der Waals surface area contributed by atoms with Crippen molar-refractivity contribution >= 4 is 41.5 Å². The van der Waals surface area contributed by atoms with Crippen molar-refractivity contribution in [2.24, 2.45) is 4.99 Å². The summed E-state index contributed by atoms with van der Waals surface area (Å²) in [6.45, 7) is 11.6. The number of aliphatic hydroxyl groups is 1. The third kappa shape index (κ3) is 9.26. The van der Waals surface area contributed by atoms with E-state index < -0.39 is 5.60 Å². The molecule has 2 aliphatic rings. The molecule has 1 amide bonds. The minimum Gasteiger partial charge on any atom is -0.387 e. The maximum atomic E-state index is 12.7. The summed E-state index contributed by atoms with van der Waals surface area (Å²) >= 11 is 0. The third-order valence-corrected chi connectivity index (χ3v) is 5.77. The summed E-state index contributed by atoms with van der Waals surface area (Å²) < 4.78 is 5.37. The van der Waals surface area contributed by atoms with Crippen molar-refractivity contribution in [2.45, 2.75) is 19.4 Å². The Labute approximate surface area is 214 Å². The number of nitrogens with one attached hydrogen (secondary N) is 2. The predicted octanol–water partition coefficient (Wildman–Crippen LogP) is 0.592. The van der Waals surface area contributed by atoms with Gasteiger partial charge in [-0.1, -0.05) is 18.2 Å². The van der Waals surface area contributed by atoms with Gasteiger partial charge in [-0.3, -0.25) is 9.69 Å². The molecule has 9 nitrogen and oxygen atoms in total. The first-order chi connectivity index (χ1) is 15.5. The van der Waals surface area contributed by atoms with Gasteiger partial charge in [0.15, 0.2) is 5.96 Å². The number of ether oxygens (including phenoxy) is 1. The number of para-hydroxylation sites is 1. The Kier molecular flexibility index (Phi) is 11.7. The van der Waals surface area contributed by atoms with Crippen LogP contribution >= 0.6 is 24.0 Å². The minimum absolute atomic E-state index is 0. The van der Waals surface area contributed by atoms with E-state index >= 15 is 0 Å². The standard InChI is InChI=1S/C23H38N6O3.HI/c1-3-24-22(26-18-23(2,31)19-27-13-15-32-16-14-27)25-17-21(30)29-11-9-28(10-12-29)20-7-5-4-6-8-20;/h4-8,31H,3,9-19H2,1-2H3,(H2,24,25,26);1H. The first-order valence-electron chi connectivity index (χ1n) is 11.6. The van der Waals surface area contributed by atoms with Crippen molar-refractivity contribution in [3.63, 3.8) is 0 Å². The van der Waals surface area contributed by atoms with Crippen molar-refractivity contribution in [1.29, 1.82) is 0 Å². The average molecular weight is 575 g/mol. The van der Waals surface area contributed by atoms with Crippen LogP contribution in [0.2, 0.25) is 0 Å². The van der Waals surface area contributed by atoms with E-state index in [4.69, 9.17) is 4.74 Å². The van der Waals surface area contributed by atoms with Gasteiger partial charge >= 0.3 is 0 Å². The maximum absolute atomic E-state index is 12.7. The van der Waals surface area contributed by atoms with Crippen molar-refractivity contribution < 1.29 is 14.6 Å². The highest BCUT2D eigenvalue weighted by Crippen LogP contribution is 2.15. The number of aliphatic imine (C=N–C) groups is 1. The fraction of sp³-hybridized carbons (Fsp3) is 0.652. The van der Waals surface area contributed by atoms with Crippen molar-refractivity contribution in [2.75, 3.05) is 83.6 Å². The number of β-amino-alcohol motifs (C(OH)–C–C–N with tert-alkyl or cyclic N) is 1. The Morgan fingerprint density at radius 2 is 1.76 bits per heavy atom. The van der Waals surface area contributed by atoms with E-state index in [1.807, 2.05) is 36.9 Å². The normalized spacial score (nSPS) is 19.4. The second-order valence-electron chi connectivity index (χ2n) is 8.64. The van der Waals surface area contributed by atoms with Gasteiger partial charge in [-0.2, -0.15) is 0 Å². The molecule has 0 radical (unpaired) electrons. The number of hydrogen-bond donors (Lipinski definition) is 3. The molecule has 0 spiro atoms. The Morgan fingerprint density at radius 1 is 1.09 bits per heavy atom. The smallest absolute Gasteiger partial charge is 0.244 e. The molecule has 186 valence electrons. The SMILES string of the molecule is CCNC(=NCC(=O)N1CCN(c2ccccc2)CC1)NCC(C)(O)CN1CCOCC1.I. The van der Waals surface area contributed by atoms with Gasteiger partial charge in [0.2, 0.25) is 5.91 Å². The number of anilines is 1. The number of guanidine groups is 1. The van der Waals surface area contributed by atoms with Crippen molar-refractivity contribution in [1.82, 2.24) is 20.4 Å². The number of hydrogen-bond acceptors (Lipinski definition) is 6. The zero-order valence-electron chi connectivity index (χ0n) is 19.8. The summed E-state index contributed by atoms with van der Waals surface area (Å²) in [5.74, 6) is 0.570. The molecule has 0 bridgehead atoms. The summed E-state index contributed by atoms with van der Waals surface area (Å²) in [7, 11) is 0. The summed E-state index contributed by atoms with van der Waals surface area (Å²) in [6.07, 6.45) is 0. The van der Waals surface area contributed by atoms with Crippen LogP contribution in [0.5, 0.6) is 0 Å². The summed E-state index contributed by atoms with van der Waals surface area (Å²) in [6, 6.07) is 10.3. The number of benzene rings is 1. The highest BCUT2D eigenvalue weighted by molar-refractivity contribution is 14.0. The van der Waals surface area contributed by atoms with E-state index in [0.717, 1.165) is 26.2 Å². The second-order valence-corrected chi connectivity index (χ2v) is 8.64. The summed E-state index contributed by atoms with van der Waals surface area (Å²) in [5, 5.41) is 17.1. The van der Waals surface area contributed by atoms with Gasteiger partial charge in [-0.25, -0.2) is 4.99 Å². The third-order valence-electron chi connectivity index (χ3n) is 5.77. The minimum atomic E-state index is -0.911. The average Bonchev–Trinajstić information content (AvgIpc) is 2.82. The molecular formula is C23H39IN6O3. The monoisotopic (exact) mass is 574 g/mol. The number of nitrogens with zero attached hydrogens (tertiary/aromatic N) is 4. The molecule has 2 heterocycles. The molecule has 0 saturated carbocycles. The lowest BCUT2D eigenvalue weighted by Crippen LogP contribution is -2.53. The van der Waals surface area contributed by atoms with Crippen LogP contribution in [0, 0.1) is 0 Å². The number of morpholine rings is 1. The molecule has 10 heteroatoms. The van der Waals surface area contributed by atoms with Gasteiger partial charge < -0.3 is 30.3 Å². The molecule has 0 aliphatic carbocycles. The molecule has 1 unspecified atom stereocenters. The number of piperazine rings is 1. The van der Waals surface area contributed by atoms with Crippen LogP contribution < -0.4 is 15.5 Å². The van der Waals surface area contributed by atoms with Crippen molar-refractivity contribution in [3.8, 4) is 0 Å². The molecule has 2 fully saturated rings. The zero-order valence-corrected chi connectivity index (χ0v) is 22.2. The van der Waals surface area contributed by atoms with Gasteiger partial charge in [0.1, 0.15) is 6.54 Å². The van der Waals surface area contributed by atoms with Gasteiger partial charge in [-0.15, -0.1) is 24.0 Å². The molecule has 1 aromatic rings. The highest BCUT2D eigenvalue weighted by Gasteiger charge is 2.26. The van der Waals surface area contributed by atoms with Gasteiger partial charge in [0.25, 0.3) is 0 Å². The fourth-order valence-electron chi connectivity index (χ4n) is 4.01. The van der Waals surface area contributed by atoms with Gasteiger partial charge in [0.05, 0.1) is 18.8 Å². The Hall–Kier alpha value is -1.63. The van der Waals surface area contributed by atoms with E-state index in [9.17, 15) is 9.90 Å².